The molecule has 0 bridgehead atoms. The van der Waals surface area contributed by atoms with Crippen LogP contribution in [-0.4, -0.2) is 27.1 Å². The van der Waals surface area contributed by atoms with Crippen molar-refractivity contribution < 1.29 is 17.6 Å². The number of nitrogens with one attached hydrogen (secondary N) is 1. The number of rotatable bonds is 5. The molecule has 0 aliphatic carbocycles. The molecule has 1 heterocycles. The number of halogens is 1. The second kappa shape index (κ2) is 7.31. The number of sulfonamides is 1. The second-order valence-electron chi connectivity index (χ2n) is 7.19. The molecule has 1 aliphatic heterocycles. The van der Waals surface area contributed by atoms with Gasteiger partial charge in [0.05, 0.1) is 17.9 Å². The molecule has 2 aromatic carbocycles. The highest BCUT2D eigenvalue weighted by molar-refractivity contribution is 7.92. The second-order valence-corrected chi connectivity index (χ2v) is 9.10. The fourth-order valence-electron chi connectivity index (χ4n) is 3.50. The monoisotopic (exact) mass is 390 g/mol. The number of amides is 1. The van der Waals surface area contributed by atoms with Gasteiger partial charge in [0.15, 0.2) is 0 Å². The number of fused-ring (bicyclic) bond motifs is 1. The van der Waals surface area contributed by atoms with Crippen LogP contribution in [0.2, 0.25) is 0 Å². The van der Waals surface area contributed by atoms with Gasteiger partial charge in [0.1, 0.15) is 5.82 Å². The molecule has 1 N–H and O–H groups in total. The highest BCUT2D eigenvalue weighted by Gasteiger charge is 2.28. The zero-order chi connectivity index (χ0) is 19.8. The molecule has 1 aliphatic rings. The first-order valence-corrected chi connectivity index (χ1v) is 10.7. The molecule has 3 rings (SSSR count). The third-order valence-corrected chi connectivity index (χ3v) is 5.96. The Hall–Kier alpha value is -2.41. The lowest BCUT2D eigenvalue weighted by molar-refractivity contribution is -0.118. The molecule has 0 saturated carbocycles. The molecule has 27 heavy (non-hydrogen) atoms. The van der Waals surface area contributed by atoms with E-state index in [9.17, 15) is 17.6 Å². The highest BCUT2D eigenvalue weighted by atomic mass is 32.2. The maximum absolute atomic E-state index is 13.2. The number of hydrogen-bond donors (Lipinski definition) is 1. The van der Waals surface area contributed by atoms with Crippen molar-refractivity contribution in [3.05, 3.63) is 59.4 Å². The van der Waals surface area contributed by atoms with Crippen molar-refractivity contribution in [2.45, 2.75) is 26.2 Å². The zero-order valence-corrected chi connectivity index (χ0v) is 16.4. The maximum Gasteiger partial charge on any atom is 0.232 e. The van der Waals surface area contributed by atoms with E-state index in [-0.39, 0.29) is 17.6 Å². The Morgan fingerprint density at radius 1 is 1.15 bits per heavy atom. The number of carbonyl (C=O) groups excluding carboxylic acids is 1. The summed E-state index contributed by atoms with van der Waals surface area (Å²) in [5.74, 6) is -0.983. The van der Waals surface area contributed by atoms with Crippen molar-refractivity contribution in [2.75, 3.05) is 22.4 Å². The van der Waals surface area contributed by atoms with Gasteiger partial charge in [0, 0.05) is 12.2 Å². The normalized spacial score (nSPS) is 14.9. The van der Waals surface area contributed by atoms with Gasteiger partial charge < -0.3 is 5.32 Å². The third kappa shape index (κ3) is 4.13. The van der Waals surface area contributed by atoms with E-state index < -0.39 is 15.9 Å². The first-order chi connectivity index (χ1) is 12.7. The topological polar surface area (TPSA) is 66.5 Å². The van der Waals surface area contributed by atoms with Crippen LogP contribution < -0.4 is 9.62 Å². The van der Waals surface area contributed by atoms with Gasteiger partial charge in [-0.1, -0.05) is 32.0 Å². The summed E-state index contributed by atoms with van der Waals surface area (Å²) in [5.41, 5.74) is 2.83. The van der Waals surface area contributed by atoms with E-state index in [1.54, 1.807) is 24.3 Å². The summed E-state index contributed by atoms with van der Waals surface area (Å²) in [6, 6.07) is 11.3. The van der Waals surface area contributed by atoms with Crippen LogP contribution in [0, 0.1) is 11.7 Å². The molecule has 5 nitrogen and oxygen atoms in total. The van der Waals surface area contributed by atoms with Crippen molar-refractivity contribution in [3.63, 3.8) is 0 Å². The number of nitrogens with zero attached hydrogens (tertiary/aromatic N) is 1. The van der Waals surface area contributed by atoms with Crippen molar-refractivity contribution >= 4 is 27.3 Å². The van der Waals surface area contributed by atoms with E-state index in [1.165, 1.54) is 22.7 Å². The van der Waals surface area contributed by atoms with Crippen molar-refractivity contribution in [1.82, 2.24) is 0 Å². The van der Waals surface area contributed by atoms with E-state index in [1.807, 2.05) is 19.9 Å². The van der Waals surface area contributed by atoms with E-state index in [0.717, 1.165) is 11.1 Å². The Labute approximate surface area is 159 Å². The van der Waals surface area contributed by atoms with Gasteiger partial charge in [0.2, 0.25) is 15.9 Å². The first kappa shape index (κ1) is 19.4. The number of benzene rings is 2. The Bertz CT molecular complexity index is 956. The van der Waals surface area contributed by atoms with Crippen molar-refractivity contribution in [2.24, 2.45) is 5.92 Å². The average Bonchev–Trinajstić information content (AvgIpc) is 3.00. The maximum atomic E-state index is 13.2. The van der Waals surface area contributed by atoms with E-state index in [0.29, 0.717) is 24.3 Å². The quantitative estimate of drug-likeness (QED) is 0.849. The molecule has 1 unspecified atom stereocenters. The van der Waals surface area contributed by atoms with Crippen LogP contribution in [0.4, 0.5) is 15.8 Å². The van der Waals surface area contributed by atoms with Gasteiger partial charge >= 0.3 is 0 Å². The predicted molar refractivity (Wildman–Crippen MR) is 105 cm³/mol. The molecule has 2 aromatic rings. The summed E-state index contributed by atoms with van der Waals surface area (Å²) < 4.78 is 38.5. The first-order valence-electron chi connectivity index (χ1n) is 8.84. The van der Waals surface area contributed by atoms with Gasteiger partial charge in [-0.2, -0.15) is 0 Å². The summed E-state index contributed by atoms with van der Waals surface area (Å²) in [6.45, 7) is 4.28. The third-order valence-electron chi connectivity index (χ3n) is 4.78. The molecular weight excluding hydrogens is 367 g/mol. The Kier molecular flexibility index (Phi) is 5.24. The van der Waals surface area contributed by atoms with Gasteiger partial charge in [-0.15, -0.1) is 0 Å². The van der Waals surface area contributed by atoms with Gasteiger partial charge in [-0.25, -0.2) is 12.8 Å². The van der Waals surface area contributed by atoms with E-state index in [4.69, 9.17) is 0 Å². The standard InChI is InChI=1S/C20H23FN2O3S/c1-13(2)19(15-4-7-16(21)8-5-15)20(24)22-17-9-6-14-10-11-23(18(14)12-17)27(3,25)26/h4-9,12-13,19H,10-11H2,1-3H3,(H,22,24). The summed E-state index contributed by atoms with van der Waals surface area (Å²) in [5, 5.41) is 2.88. The van der Waals surface area contributed by atoms with Crippen LogP contribution >= 0.6 is 0 Å². The summed E-state index contributed by atoms with van der Waals surface area (Å²) >= 11 is 0. The smallest absolute Gasteiger partial charge is 0.232 e. The predicted octanol–water partition coefficient (Wildman–Crippen LogP) is 3.53. The summed E-state index contributed by atoms with van der Waals surface area (Å²) in [6.07, 6.45) is 1.83. The van der Waals surface area contributed by atoms with Crippen LogP contribution in [0.5, 0.6) is 0 Å². The molecule has 0 fully saturated rings. The fraction of sp³-hybridized carbons (Fsp3) is 0.350. The van der Waals surface area contributed by atoms with Gasteiger partial charge in [-0.05, 0) is 47.7 Å². The summed E-state index contributed by atoms with van der Waals surface area (Å²) in [4.78, 5) is 12.9. The van der Waals surface area contributed by atoms with Gasteiger partial charge in [0.25, 0.3) is 0 Å². The van der Waals surface area contributed by atoms with E-state index in [2.05, 4.69) is 5.32 Å². The molecule has 7 heteroatoms. The molecule has 0 spiro atoms. The SMILES string of the molecule is CC(C)C(C(=O)Nc1ccc2c(c1)N(S(C)(=O)=O)CC2)c1ccc(F)cc1. The van der Waals surface area contributed by atoms with Crippen molar-refractivity contribution in [3.8, 4) is 0 Å². The minimum atomic E-state index is -3.35. The number of carbonyl (C=O) groups is 1. The van der Waals surface area contributed by atoms with Crippen LogP contribution in [0.3, 0.4) is 0 Å². The van der Waals surface area contributed by atoms with Crippen LogP contribution in [0.15, 0.2) is 42.5 Å². The number of anilines is 2. The van der Waals surface area contributed by atoms with Crippen LogP contribution in [0.1, 0.15) is 30.9 Å². The lowest BCUT2D eigenvalue weighted by Gasteiger charge is -2.22. The minimum absolute atomic E-state index is 0.0115. The largest absolute Gasteiger partial charge is 0.325 e. The van der Waals surface area contributed by atoms with Gasteiger partial charge in [-0.3, -0.25) is 9.10 Å². The van der Waals surface area contributed by atoms with E-state index >= 15 is 0 Å². The molecular formula is C20H23FN2O3S. The molecule has 144 valence electrons. The van der Waals surface area contributed by atoms with Crippen molar-refractivity contribution in [1.29, 1.82) is 0 Å². The molecule has 1 amide bonds. The lowest BCUT2D eigenvalue weighted by atomic mass is 9.87. The summed E-state index contributed by atoms with van der Waals surface area (Å²) in [7, 11) is -3.35. The van der Waals surface area contributed by atoms with Crippen LogP contribution in [0.25, 0.3) is 0 Å². The Morgan fingerprint density at radius 3 is 2.41 bits per heavy atom. The molecule has 0 aromatic heterocycles. The Balaban J connectivity index is 1.86. The zero-order valence-electron chi connectivity index (χ0n) is 15.6. The highest BCUT2D eigenvalue weighted by Crippen LogP contribution is 2.33. The lowest BCUT2D eigenvalue weighted by Crippen LogP contribution is -2.28. The average molecular weight is 390 g/mol. The fourth-order valence-corrected chi connectivity index (χ4v) is 4.45. The minimum Gasteiger partial charge on any atom is -0.325 e. The molecule has 0 radical (unpaired) electrons. The Morgan fingerprint density at radius 2 is 1.81 bits per heavy atom. The van der Waals surface area contributed by atoms with Crippen LogP contribution in [-0.2, 0) is 21.2 Å². The molecule has 0 saturated heterocycles. The molecule has 1 atom stereocenters. The number of hydrogen-bond acceptors (Lipinski definition) is 3.